The summed E-state index contributed by atoms with van der Waals surface area (Å²) >= 11 is 0. The highest BCUT2D eigenvalue weighted by atomic mass is 16.5. The number of rotatable bonds is 5. The molecule has 2 aliphatic rings. The Morgan fingerprint density at radius 1 is 1.09 bits per heavy atom. The van der Waals surface area contributed by atoms with Gasteiger partial charge in [0.25, 0.3) is 5.91 Å². The smallest absolute Gasteiger partial charge is 0.272 e. The molecule has 34 heavy (non-hydrogen) atoms. The number of likely N-dealkylation sites (tertiary alicyclic amines) is 1. The lowest BCUT2D eigenvalue weighted by Gasteiger charge is -2.43. The number of fused-ring (bicyclic) bond motifs is 1. The molecule has 5 rings (SSSR count). The maximum absolute atomic E-state index is 13.2. The lowest BCUT2D eigenvalue weighted by atomic mass is 9.94. The van der Waals surface area contributed by atoms with E-state index in [2.05, 4.69) is 44.5 Å². The fourth-order valence-electron chi connectivity index (χ4n) is 4.92. The molecular formula is C26H29N5O3. The van der Waals surface area contributed by atoms with Gasteiger partial charge in [0, 0.05) is 38.3 Å². The van der Waals surface area contributed by atoms with Gasteiger partial charge in [0.2, 0.25) is 0 Å². The SMILES string of the molecule is COc1ccccc1Nc1cc(C(=O)N2CC[C@@H](N3CCc4ccccc4C3)[C@H](O)C2)ncn1. The number of nitrogens with one attached hydrogen (secondary N) is 1. The number of hydrogen-bond acceptors (Lipinski definition) is 7. The molecule has 2 aliphatic heterocycles. The van der Waals surface area contributed by atoms with Gasteiger partial charge in [0.05, 0.1) is 18.9 Å². The molecule has 1 aromatic heterocycles. The van der Waals surface area contributed by atoms with Crippen molar-refractivity contribution in [3.05, 3.63) is 77.7 Å². The first-order valence-corrected chi connectivity index (χ1v) is 11.6. The van der Waals surface area contributed by atoms with E-state index in [0.717, 1.165) is 31.6 Å². The second kappa shape index (κ2) is 9.79. The number of anilines is 2. The number of amides is 1. The van der Waals surface area contributed by atoms with E-state index in [1.807, 2.05) is 24.3 Å². The van der Waals surface area contributed by atoms with Crippen molar-refractivity contribution in [2.75, 3.05) is 32.1 Å². The van der Waals surface area contributed by atoms with Crippen LogP contribution in [0.4, 0.5) is 11.5 Å². The van der Waals surface area contributed by atoms with Crippen LogP contribution in [-0.2, 0) is 13.0 Å². The van der Waals surface area contributed by atoms with E-state index >= 15 is 0 Å². The number of para-hydroxylation sites is 2. The predicted octanol–water partition coefficient (Wildman–Crippen LogP) is 2.86. The van der Waals surface area contributed by atoms with Crippen molar-refractivity contribution in [2.45, 2.75) is 31.5 Å². The van der Waals surface area contributed by atoms with Crippen LogP contribution < -0.4 is 10.1 Å². The van der Waals surface area contributed by atoms with Gasteiger partial charge >= 0.3 is 0 Å². The standard InChI is InChI=1S/C26H29N5O3/c1-34-24-9-5-4-8-20(24)29-25-14-21(27-17-28-25)26(33)31-13-11-22(23(32)16-31)30-12-10-18-6-2-3-7-19(18)15-30/h2-9,14,17,22-23,32H,10-13,15-16H2,1H3,(H,27,28,29)/t22-,23-/m1/s1. The van der Waals surface area contributed by atoms with E-state index in [1.165, 1.54) is 17.5 Å². The average Bonchev–Trinajstić information content (AvgIpc) is 2.88. The Hall–Kier alpha value is -3.49. The molecule has 1 amide bonds. The molecule has 176 valence electrons. The maximum Gasteiger partial charge on any atom is 0.272 e. The maximum atomic E-state index is 13.2. The Labute approximate surface area is 199 Å². The summed E-state index contributed by atoms with van der Waals surface area (Å²) in [6, 6.07) is 17.7. The van der Waals surface area contributed by atoms with E-state index in [4.69, 9.17) is 4.74 Å². The number of methoxy groups -OCH3 is 1. The van der Waals surface area contributed by atoms with Crippen LogP contribution in [0, 0.1) is 0 Å². The van der Waals surface area contributed by atoms with Crippen molar-refractivity contribution in [3.63, 3.8) is 0 Å². The molecule has 2 N–H and O–H groups in total. The lowest BCUT2D eigenvalue weighted by molar-refractivity contribution is -0.0139. The monoisotopic (exact) mass is 459 g/mol. The van der Waals surface area contributed by atoms with Gasteiger partial charge in [-0.1, -0.05) is 36.4 Å². The number of ether oxygens (including phenoxy) is 1. The molecule has 1 fully saturated rings. The van der Waals surface area contributed by atoms with Crippen molar-refractivity contribution in [1.29, 1.82) is 0 Å². The number of aliphatic hydroxyl groups excluding tert-OH is 1. The van der Waals surface area contributed by atoms with Crippen molar-refractivity contribution < 1.29 is 14.6 Å². The number of benzene rings is 2. The van der Waals surface area contributed by atoms with Crippen molar-refractivity contribution in [3.8, 4) is 5.75 Å². The molecule has 2 aromatic carbocycles. The zero-order chi connectivity index (χ0) is 23.5. The summed E-state index contributed by atoms with van der Waals surface area (Å²) in [4.78, 5) is 25.7. The predicted molar refractivity (Wildman–Crippen MR) is 129 cm³/mol. The van der Waals surface area contributed by atoms with Gasteiger partial charge in [-0.15, -0.1) is 0 Å². The van der Waals surface area contributed by atoms with Crippen molar-refractivity contribution >= 4 is 17.4 Å². The highest BCUT2D eigenvalue weighted by Crippen LogP contribution is 2.28. The van der Waals surface area contributed by atoms with Gasteiger partial charge in [-0.3, -0.25) is 9.69 Å². The molecule has 8 nitrogen and oxygen atoms in total. The Kier molecular flexibility index (Phi) is 6.42. The molecule has 0 saturated carbocycles. The lowest BCUT2D eigenvalue weighted by Crippen LogP contribution is -2.56. The molecule has 0 bridgehead atoms. The van der Waals surface area contributed by atoms with Crippen LogP contribution in [-0.4, -0.2) is 69.7 Å². The van der Waals surface area contributed by atoms with Gasteiger partial charge in [0.15, 0.2) is 0 Å². The minimum Gasteiger partial charge on any atom is -0.495 e. The van der Waals surface area contributed by atoms with Gasteiger partial charge in [-0.05, 0) is 36.1 Å². The quantitative estimate of drug-likeness (QED) is 0.606. The number of carbonyl (C=O) groups is 1. The zero-order valence-corrected chi connectivity index (χ0v) is 19.2. The summed E-state index contributed by atoms with van der Waals surface area (Å²) in [5.74, 6) is 0.983. The molecule has 0 unspecified atom stereocenters. The first-order valence-electron chi connectivity index (χ1n) is 11.6. The summed E-state index contributed by atoms with van der Waals surface area (Å²) in [6.45, 7) is 2.64. The van der Waals surface area contributed by atoms with E-state index in [9.17, 15) is 9.90 Å². The van der Waals surface area contributed by atoms with Crippen LogP contribution in [0.3, 0.4) is 0 Å². The summed E-state index contributed by atoms with van der Waals surface area (Å²) in [6.07, 6.45) is 2.49. The van der Waals surface area contributed by atoms with Gasteiger partial charge in [-0.25, -0.2) is 9.97 Å². The normalized spacial score (nSPS) is 20.5. The highest BCUT2D eigenvalue weighted by Gasteiger charge is 2.35. The number of aliphatic hydroxyl groups is 1. The molecule has 3 heterocycles. The van der Waals surface area contributed by atoms with Crippen LogP contribution in [0.5, 0.6) is 5.75 Å². The summed E-state index contributed by atoms with van der Waals surface area (Å²) in [7, 11) is 1.60. The molecule has 1 saturated heterocycles. The second-order valence-electron chi connectivity index (χ2n) is 8.78. The number of aromatic nitrogens is 2. The van der Waals surface area contributed by atoms with Crippen LogP contribution in [0.1, 0.15) is 28.0 Å². The number of piperidine rings is 1. The van der Waals surface area contributed by atoms with E-state index in [1.54, 1.807) is 18.1 Å². The molecular weight excluding hydrogens is 430 g/mol. The third-order valence-corrected chi connectivity index (χ3v) is 6.72. The first kappa shape index (κ1) is 22.3. The minimum absolute atomic E-state index is 0.0468. The van der Waals surface area contributed by atoms with Gasteiger partial charge in [0.1, 0.15) is 23.6 Å². The van der Waals surface area contributed by atoms with Crippen molar-refractivity contribution in [1.82, 2.24) is 19.8 Å². The number of nitrogens with zero attached hydrogens (tertiary/aromatic N) is 4. The fourth-order valence-corrected chi connectivity index (χ4v) is 4.92. The van der Waals surface area contributed by atoms with Crippen LogP contribution in [0.25, 0.3) is 0 Å². The highest BCUT2D eigenvalue weighted by molar-refractivity contribution is 5.93. The Morgan fingerprint density at radius 3 is 2.71 bits per heavy atom. The van der Waals surface area contributed by atoms with E-state index in [-0.39, 0.29) is 11.9 Å². The van der Waals surface area contributed by atoms with Gasteiger partial charge in [-0.2, -0.15) is 0 Å². The van der Waals surface area contributed by atoms with Crippen molar-refractivity contribution in [2.24, 2.45) is 0 Å². The summed E-state index contributed by atoms with van der Waals surface area (Å²) < 4.78 is 5.37. The van der Waals surface area contributed by atoms with Crippen LogP contribution >= 0.6 is 0 Å². The first-order chi connectivity index (χ1) is 16.6. The third-order valence-electron chi connectivity index (χ3n) is 6.72. The zero-order valence-electron chi connectivity index (χ0n) is 19.2. The van der Waals surface area contributed by atoms with Crippen LogP contribution in [0.15, 0.2) is 60.9 Å². The summed E-state index contributed by atoms with van der Waals surface area (Å²) in [5.41, 5.74) is 3.77. The Balaban J connectivity index is 1.24. The Bertz CT molecular complexity index is 1170. The molecule has 0 radical (unpaired) electrons. The molecule has 3 aromatic rings. The molecule has 8 heteroatoms. The largest absolute Gasteiger partial charge is 0.495 e. The third kappa shape index (κ3) is 4.60. The fraction of sp³-hybridized carbons (Fsp3) is 0.346. The molecule has 2 atom stereocenters. The Morgan fingerprint density at radius 2 is 1.88 bits per heavy atom. The van der Waals surface area contributed by atoms with Crippen LogP contribution in [0.2, 0.25) is 0 Å². The van der Waals surface area contributed by atoms with Gasteiger partial charge < -0.3 is 20.1 Å². The molecule has 0 spiro atoms. The van der Waals surface area contributed by atoms with E-state index in [0.29, 0.717) is 30.4 Å². The molecule has 0 aliphatic carbocycles. The summed E-state index contributed by atoms with van der Waals surface area (Å²) in [5, 5.41) is 14.1. The minimum atomic E-state index is -0.601. The second-order valence-corrected chi connectivity index (χ2v) is 8.78. The number of β-amino-alcohol motifs (C(OH)–C–C–N with tert-alkyl or cyclic N) is 1. The average molecular weight is 460 g/mol. The number of carbonyl (C=O) groups excluding carboxylic acids is 1. The van der Waals surface area contributed by atoms with E-state index < -0.39 is 6.10 Å². The topological polar surface area (TPSA) is 90.8 Å². The number of hydrogen-bond donors (Lipinski definition) is 2.